The zero-order chi connectivity index (χ0) is 9.56. The Balaban J connectivity index is 3.47. The van der Waals surface area contributed by atoms with Crippen molar-refractivity contribution in [1.82, 2.24) is 0 Å². The lowest BCUT2D eigenvalue weighted by atomic mass is 10.4. The molecule has 0 radical (unpaired) electrons. The highest BCUT2D eigenvalue weighted by atomic mass is 31.1. The first-order valence-corrected chi connectivity index (χ1v) is 4.83. The Morgan fingerprint density at radius 3 is 1.75 bits per heavy atom. The largest absolute Gasteiger partial charge is 0.319 e. The maximum atomic E-state index is 10.9. The zero-order valence-corrected chi connectivity index (χ0v) is 8.55. The van der Waals surface area contributed by atoms with Crippen LogP contribution in [0.5, 0.6) is 0 Å². The van der Waals surface area contributed by atoms with E-state index in [2.05, 4.69) is 13.2 Å². The highest BCUT2D eigenvalue weighted by molar-refractivity contribution is 7.33. The summed E-state index contributed by atoms with van der Waals surface area (Å²) in [6.07, 6.45) is 0. The lowest BCUT2D eigenvalue weighted by molar-refractivity contribution is 0.253. The molecule has 0 aliphatic carbocycles. The summed E-state index contributed by atoms with van der Waals surface area (Å²) in [5.41, 5.74) is 1.65. The van der Waals surface area contributed by atoms with Crippen LogP contribution in [0, 0.1) is 0 Å². The Labute approximate surface area is 74.0 Å². The molecule has 0 N–H and O–H groups in total. The third kappa shape index (κ3) is 7.73. The fourth-order valence-corrected chi connectivity index (χ4v) is 1.22. The van der Waals surface area contributed by atoms with Crippen LogP contribution in [0.2, 0.25) is 0 Å². The van der Waals surface area contributed by atoms with E-state index in [1.54, 1.807) is 13.8 Å². The van der Waals surface area contributed by atoms with Crippen molar-refractivity contribution in [2.75, 3.05) is 13.2 Å². The van der Waals surface area contributed by atoms with E-state index in [-0.39, 0.29) is 13.2 Å². The minimum atomic E-state index is -2.35. The molecule has 12 heavy (non-hydrogen) atoms. The van der Waals surface area contributed by atoms with Crippen LogP contribution in [-0.4, -0.2) is 13.2 Å². The van der Waals surface area contributed by atoms with Crippen molar-refractivity contribution in [2.24, 2.45) is 0 Å². The summed E-state index contributed by atoms with van der Waals surface area (Å²) in [5.74, 6) is 0. The van der Waals surface area contributed by atoms with E-state index < -0.39 is 8.25 Å². The van der Waals surface area contributed by atoms with E-state index in [1.165, 1.54) is 0 Å². The van der Waals surface area contributed by atoms with Crippen molar-refractivity contribution in [1.29, 1.82) is 0 Å². The van der Waals surface area contributed by atoms with Gasteiger partial charge in [0.05, 0.1) is 13.2 Å². The lowest BCUT2D eigenvalue weighted by Crippen LogP contribution is -1.91. The van der Waals surface area contributed by atoms with Crippen LogP contribution in [0.3, 0.4) is 0 Å². The Kier molecular flexibility index (Phi) is 5.99. The zero-order valence-electron chi connectivity index (χ0n) is 7.55. The molecule has 0 spiro atoms. The highest BCUT2D eigenvalue weighted by Gasteiger charge is 1.98. The van der Waals surface area contributed by atoms with Gasteiger partial charge in [-0.1, -0.05) is 24.3 Å². The third-order valence-corrected chi connectivity index (χ3v) is 1.63. The molecular weight excluding hydrogens is 175 g/mol. The van der Waals surface area contributed by atoms with Gasteiger partial charge in [-0.3, -0.25) is 4.57 Å². The van der Waals surface area contributed by atoms with Crippen molar-refractivity contribution in [3.63, 3.8) is 0 Å². The maximum Gasteiger partial charge on any atom is 0.319 e. The molecule has 0 aromatic carbocycles. The summed E-state index contributed by atoms with van der Waals surface area (Å²) in [4.78, 5) is 0. The van der Waals surface area contributed by atoms with E-state index >= 15 is 0 Å². The molecule has 70 valence electrons. The molecule has 0 bridgehead atoms. The molecule has 3 nitrogen and oxygen atoms in total. The van der Waals surface area contributed by atoms with Gasteiger partial charge in [0.15, 0.2) is 0 Å². The van der Waals surface area contributed by atoms with Gasteiger partial charge in [-0.15, -0.1) is 0 Å². The Bertz CT molecular complexity index is 178. The molecule has 0 fully saturated rings. The second-order valence-electron chi connectivity index (χ2n) is 2.74. The Hall–Kier alpha value is -0.370. The third-order valence-electron chi connectivity index (χ3n) is 0.873. The Morgan fingerprint density at radius 2 is 1.50 bits per heavy atom. The molecule has 0 aliphatic rings. The SMILES string of the molecule is C=C(C)CO[PH](=O)OCC(=C)C. The van der Waals surface area contributed by atoms with Gasteiger partial charge in [-0.2, -0.15) is 0 Å². The van der Waals surface area contributed by atoms with E-state index in [0.717, 1.165) is 11.1 Å². The fraction of sp³-hybridized carbons (Fsp3) is 0.500. The van der Waals surface area contributed by atoms with Gasteiger partial charge >= 0.3 is 8.25 Å². The number of hydrogen-bond donors (Lipinski definition) is 0. The van der Waals surface area contributed by atoms with Crippen LogP contribution < -0.4 is 0 Å². The highest BCUT2D eigenvalue weighted by Crippen LogP contribution is 2.24. The molecular formula is C8H15O3P. The molecule has 0 heterocycles. The first kappa shape index (κ1) is 11.6. The normalized spacial score (nSPS) is 10.2. The molecule has 0 unspecified atom stereocenters. The molecule has 0 saturated heterocycles. The summed E-state index contributed by atoms with van der Waals surface area (Å²) in [7, 11) is -2.35. The lowest BCUT2D eigenvalue weighted by Gasteiger charge is -2.04. The van der Waals surface area contributed by atoms with Crippen LogP contribution in [0.4, 0.5) is 0 Å². The molecule has 0 rings (SSSR count). The van der Waals surface area contributed by atoms with Gasteiger partial charge in [0, 0.05) is 0 Å². The van der Waals surface area contributed by atoms with Crippen LogP contribution in [0.25, 0.3) is 0 Å². The molecule has 0 aromatic rings. The summed E-state index contributed by atoms with van der Waals surface area (Å²) in [6, 6.07) is 0. The molecule has 0 saturated carbocycles. The summed E-state index contributed by atoms with van der Waals surface area (Å²) < 4.78 is 20.6. The summed E-state index contributed by atoms with van der Waals surface area (Å²) in [5, 5.41) is 0. The van der Waals surface area contributed by atoms with Crippen LogP contribution >= 0.6 is 8.25 Å². The first-order chi connectivity index (χ1) is 5.52. The molecule has 0 atom stereocenters. The van der Waals surface area contributed by atoms with Crippen molar-refractivity contribution >= 4 is 8.25 Å². The smallest absolute Gasteiger partial charge is 0.306 e. The molecule has 0 aliphatic heterocycles. The van der Waals surface area contributed by atoms with Gasteiger partial charge < -0.3 is 9.05 Å². The van der Waals surface area contributed by atoms with Gasteiger partial charge in [-0.05, 0) is 13.8 Å². The average Bonchev–Trinajstić information content (AvgIpc) is 1.96. The number of hydrogen-bond acceptors (Lipinski definition) is 3. The van der Waals surface area contributed by atoms with Crippen LogP contribution in [0.15, 0.2) is 24.3 Å². The van der Waals surface area contributed by atoms with Gasteiger partial charge in [-0.25, -0.2) is 0 Å². The van der Waals surface area contributed by atoms with E-state index in [0.29, 0.717) is 0 Å². The van der Waals surface area contributed by atoms with Crippen molar-refractivity contribution in [2.45, 2.75) is 13.8 Å². The monoisotopic (exact) mass is 190 g/mol. The first-order valence-electron chi connectivity index (χ1n) is 3.60. The van der Waals surface area contributed by atoms with Crippen LogP contribution in [-0.2, 0) is 13.6 Å². The van der Waals surface area contributed by atoms with Crippen LogP contribution in [0.1, 0.15) is 13.8 Å². The molecule has 4 heteroatoms. The summed E-state index contributed by atoms with van der Waals surface area (Å²) >= 11 is 0. The second-order valence-corrected chi connectivity index (χ2v) is 3.82. The van der Waals surface area contributed by atoms with E-state index in [1.807, 2.05) is 0 Å². The van der Waals surface area contributed by atoms with Crippen molar-refractivity contribution in [3.05, 3.63) is 24.3 Å². The number of rotatable bonds is 6. The standard InChI is InChI=1S/C8H15O3P/c1-7(2)5-10-12(9)11-6-8(3)4/h12H,1,3,5-6H2,2,4H3. The average molecular weight is 190 g/mol. The summed E-state index contributed by atoms with van der Waals surface area (Å²) in [6.45, 7) is 11.4. The van der Waals surface area contributed by atoms with Gasteiger partial charge in [0.1, 0.15) is 0 Å². The quantitative estimate of drug-likeness (QED) is 0.477. The minimum Gasteiger partial charge on any atom is -0.306 e. The van der Waals surface area contributed by atoms with Crippen molar-refractivity contribution < 1.29 is 13.6 Å². The maximum absolute atomic E-state index is 10.9. The van der Waals surface area contributed by atoms with Gasteiger partial charge in [0.2, 0.25) is 0 Å². The van der Waals surface area contributed by atoms with Crippen molar-refractivity contribution in [3.8, 4) is 0 Å². The minimum absolute atomic E-state index is 0.286. The van der Waals surface area contributed by atoms with Gasteiger partial charge in [0.25, 0.3) is 0 Å². The predicted molar refractivity (Wildman–Crippen MR) is 50.5 cm³/mol. The molecule has 0 aromatic heterocycles. The molecule has 0 amide bonds. The Morgan fingerprint density at radius 1 is 1.17 bits per heavy atom. The fourth-order valence-electron chi connectivity index (χ4n) is 0.406. The predicted octanol–water partition coefficient (Wildman–Crippen LogP) is 2.56. The van der Waals surface area contributed by atoms with E-state index in [9.17, 15) is 4.57 Å². The second kappa shape index (κ2) is 6.18. The van der Waals surface area contributed by atoms with E-state index in [4.69, 9.17) is 9.05 Å². The topological polar surface area (TPSA) is 35.5 Å².